The molecule has 0 aliphatic rings. The first-order valence-electron chi connectivity index (χ1n) is 8.49. The minimum atomic E-state index is -0.509. The van der Waals surface area contributed by atoms with Crippen molar-refractivity contribution in [1.82, 2.24) is 5.32 Å². The Bertz CT molecular complexity index is 853. The molecule has 0 saturated carbocycles. The van der Waals surface area contributed by atoms with E-state index in [0.717, 1.165) is 5.56 Å². The fraction of sp³-hybridized carbons (Fsp3) is 0.300. The standard InChI is InChI=1S/C20H24N2O6/c1-12(13-6-9-17(26-3)18(11-13)27-4)21-20(24)22-15-10-14(19(23)28-5)7-8-16(15)25-2/h6-12H,1-5H3,(H2,21,22,24)/t12-/m1/s1. The van der Waals surface area contributed by atoms with Gasteiger partial charge >= 0.3 is 12.0 Å². The molecule has 8 nitrogen and oxygen atoms in total. The third-order valence-electron chi connectivity index (χ3n) is 4.12. The number of amides is 2. The molecule has 8 heteroatoms. The maximum Gasteiger partial charge on any atom is 0.337 e. The average molecular weight is 388 g/mol. The van der Waals surface area contributed by atoms with Crippen molar-refractivity contribution in [2.24, 2.45) is 0 Å². The molecule has 2 aromatic rings. The number of hydrogen-bond acceptors (Lipinski definition) is 6. The number of rotatable bonds is 7. The van der Waals surface area contributed by atoms with Crippen LogP contribution >= 0.6 is 0 Å². The molecule has 0 unspecified atom stereocenters. The third kappa shape index (κ3) is 4.85. The Morgan fingerprint density at radius 3 is 2.11 bits per heavy atom. The van der Waals surface area contributed by atoms with E-state index in [-0.39, 0.29) is 6.04 Å². The Morgan fingerprint density at radius 1 is 0.857 bits per heavy atom. The lowest BCUT2D eigenvalue weighted by Gasteiger charge is -2.18. The lowest BCUT2D eigenvalue weighted by atomic mass is 10.1. The quantitative estimate of drug-likeness (QED) is 0.706. The van der Waals surface area contributed by atoms with Crippen LogP contribution in [0.2, 0.25) is 0 Å². The van der Waals surface area contributed by atoms with Gasteiger partial charge in [0.1, 0.15) is 5.75 Å². The monoisotopic (exact) mass is 388 g/mol. The van der Waals surface area contributed by atoms with Gasteiger partial charge in [0.15, 0.2) is 11.5 Å². The van der Waals surface area contributed by atoms with Crippen LogP contribution in [0.15, 0.2) is 36.4 Å². The predicted molar refractivity (Wildman–Crippen MR) is 104 cm³/mol. The zero-order valence-corrected chi connectivity index (χ0v) is 16.5. The Balaban J connectivity index is 2.14. The number of methoxy groups -OCH3 is 4. The summed E-state index contributed by atoms with van der Waals surface area (Å²) >= 11 is 0. The molecule has 0 aliphatic carbocycles. The van der Waals surface area contributed by atoms with Crippen LogP contribution in [0, 0.1) is 0 Å². The highest BCUT2D eigenvalue weighted by Gasteiger charge is 2.16. The molecule has 2 rings (SSSR count). The highest BCUT2D eigenvalue weighted by molar-refractivity contribution is 5.95. The number of ether oxygens (including phenoxy) is 4. The molecular formula is C20H24N2O6. The lowest BCUT2D eigenvalue weighted by molar-refractivity contribution is 0.0600. The Labute approximate surface area is 163 Å². The summed E-state index contributed by atoms with van der Waals surface area (Å²) in [4.78, 5) is 24.2. The highest BCUT2D eigenvalue weighted by atomic mass is 16.5. The van der Waals surface area contributed by atoms with Crippen LogP contribution in [-0.4, -0.2) is 40.4 Å². The molecule has 28 heavy (non-hydrogen) atoms. The average Bonchev–Trinajstić information content (AvgIpc) is 2.72. The van der Waals surface area contributed by atoms with E-state index in [1.807, 2.05) is 13.0 Å². The van der Waals surface area contributed by atoms with E-state index in [1.165, 1.54) is 20.3 Å². The predicted octanol–water partition coefficient (Wildman–Crippen LogP) is 3.38. The van der Waals surface area contributed by atoms with Gasteiger partial charge in [-0.1, -0.05) is 6.07 Å². The van der Waals surface area contributed by atoms with Crippen LogP contribution in [0.1, 0.15) is 28.9 Å². The first kappa shape index (κ1) is 20.9. The summed E-state index contributed by atoms with van der Waals surface area (Å²) in [6, 6.07) is 9.27. The van der Waals surface area contributed by atoms with Crippen molar-refractivity contribution in [3.8, 4) is 17.2 Å². The first-order valence-corrected chi connectivity index (χ1v) is 8.49. The molecule has 0 aromatic heterocycles. The van der Waals surface area contributed by atoms with E-state index < -0.39 is 12.0 Å². The van der Waals surface area contributed by atoms with Crippen LogP contribution in [-0.2, 0) is 4.74 Å². The molecule has 0 bridgehead atoms. The number of benzene rings is 2. The lowest BCUT2D eigenvalue weighted by Crippen LogP contribution is -2.31. The number of esters is 1. The fourth-order valence-corrected chi connectivity index (χ4v) is 2.61. The van der Waals surface area contributed by atoms with E-state index in [2.05, 4.69) is 10.6 Å². The van der Waals surface area contributed by atoms with Crippen LogP contribution in [0.3, 0.4) is 0 Å². The smallest absolute Gasteiger partial charge is 0.337 e. The minimum absolute atomic E-state index is 0.298. The van der Waals surface area contributed by atoms with Gasteiger partial charge in [-0.05, 0) is 42.8 Å². The summed E-state index contributed by atoms with van der Waals surface area (Å²) in [5, 5.41) is 5.52. The Hall–Kier alpha value is -3.42. The molecule has 0 radical (unpaired) electrons. The van der Waals surface area contributed by atoms with E-state index in [4.69, 9.17) is 18.9 Å². The second kappa shape index (κ2) is 9.50. The van der Waals surface area contributed by atoms with Gasteiger partial charge in [0.25, 0.3) is 0 Å². The van der Waals surface area contributed by atoms with Crippen molar-refractivity contribution in [2.45, 2.75) is 13.0 Å². The topological polar surface area (TPSA) is 95.1 Å². The molecule has 0 fully saturated rings. The largest absolute Gasteiger partial charge is 0.495 e. The van der Waals surface area contributed by atoms with E-state index in [1.54, 1.807) is 38.5 Å². The minimum Gasteiger partial charge on any atom is -0.495 e. The van der Waals surface area contributed by atoms with Crippen molar-refractivity contribution in [3.05, 3.63) is 47.5 Å². The van der Waals surface area contributed by atoms with Crippen LogP contribution in [0.5, 0.6) is 17.2 Å². The van der Waals surface area contributed by atoms with Crippen molar-refractivity contribution in [2.75, 3.05) is 33.8 Å². The Morgan fingerprint density at radius 2 is 1.50 bits per heavy atom. The zero-order chi connectivity index (χ0) is 20.7. The number of carbonyl (C=O) groups excluding carboxylic acids is 2. The van der Waals surface area contributed by atoms with Crippen molar-refractivity contribution in [1.29, 1.82) is 0 Å². The van der Waals surface area contributed by atoms with Crippen LogP contribution in [0.4, 0.5) is 10.5 Å². The normalized spacial score (nSPS) is 11.2. The molecule has 2 N–H and O–H groups in total. The van der Waals surface area contributed by atoms with E-state index in [0.29, 0.717) is 28.5 Å². The molecule has 2 amide bonds. The number of nitrogens with one attached hydrogen (secondary N) is 2. The van der Waals surface area contributed by atoms with E-state index >= 15 is 0 Å². The second-order valence-electron chi connectivity index (χ2n) is 5.84. The molecule has 0 spiro atoms. The molecule has 0 aliphatic heterocycles. The van der Waals surface area contributed by atoms with Gasteiger partial charge in [0, 0.05) is 0 Å². The van der Waals surface area contributed by atoms with Gasteiger partial charge in [-0.15, -0.1) is 0 Å². The maximum atomic E-state index is 12.4. The van der Waals surface area contributed by atoms with Crippen LogP contribution in [0.25, 0.3) is 0 Å². The van der Waals surface area contributed by atoms with Gasteiger partial charge in [0.05, 0.1) is 45.7 Å². The molecular weight excluding hydrogens is 364 g/mol. The van der Waals surface area contributed by atoms with Gasteiger partial charge in [-0.3, -0.25) is 0 Å². The summed E-state index contributed by atoms with van der Waals surface area (Å²) < 4.78 is 20.4. The van der Waals surface area contributed by atoms with Crippen LogP contribution < -0.4 is 24.8 Å². The fourth-order valence-electron chi connectivity index (χ4n) is 2.61. The van der Waals surface area contributed by atoms with E-state index in [9.17, 15) is 9.59 Å². The first-order chi connectivity index (χ1) is 13.4. The second-order valence-corrected chi connectivity index (χ2v) is 5.84. The highest BCUT2D eigenvalue weighted by Crippen LogP contribution is 2.30. The van der Waals surface area contributed by atoms with Crippen molar-refractivity contribution in [3.63, 3.8) is 0 Å². The Kier molecular flexibility index (Phi) is 7.08. The number of urea groups is 1. The van der Waals surface area contributed by atoms with Gasteiger partial charge in [-0.2, -0.15) is 0 Å². The summed E-state index contributed by atoms with van der Waals surface area (Å²) in [6.45, 7) is 1.84. The van der Waals surface area contributed by atoms with Gasteiger partial charge in [0.2, 0.25) is 0 Å². The van der Waals surface area contributed by atoms with Crippen molar-refractivity contribution >= 4 is 17.7 Å². The molecule has 2 aromatic carbocycles. The summed E-state index contributed by atoms with van der Waals surface area (Å²) in [5.41, 5.74) is 1.48. The molecule has 0 saturated heterocycles. The van der Waals surface area contributed by atoms with Gasteiger partial charge < -0.3 is 29.6 Å². The van der Waals surface area contributed by atoms with Crippen molar-refractivity contribution < 1.29 is 28.5 Å². The number of hydrogen-bond donors (Lipinski definition) is 2. The maximum absolute atomic E-state index is 12.4. The van der Waals surface area contributed by atoms with Gasteiger partial charge in [-0.25, -0.2) is 9.59 Å². The number of carbonyl (C=O) groups is 2. The summed E-state index contributed by atoms with van der Waals surface area (Å²) in [5.74, 6) is 1.08. The zero-order valence-electron chi connectivity index (χ0n) is 16.5. The molecule has 0 heterocycles. The third-order valence-corrected chi connectivity index (χ3v) is 4.12. The number of anilines is 1. The SMILES string of the molecule is COC(=O)c1ccc(OC)c(NC(=O)N[C@H](C)c2ccc(OC)c(OC)c2)c1. The molecule has 150 valence electrons. The molecule has 1 atom stereocenters. The summed E-state index contributed by atoms with van der Waals surface area (Å²) in [7, 11) is 5.87. The summed E-state index contributed by atoms with van der Waals surface area (Å²) in [6.07, 6.45) is 0.